The molecule has 2 unspecified atom stereocenters. The third kappa shape index (κ3) is 2.80. The molecule has 1 rings (SSSR count). The minimum absolute atomic E-state index is 0.215. The lowest BCUT2D eigenvalue weighted by molar-refractivity contribution is 0.0732. The number of nitrogens with zero attached hydrogens (tertiary/aromatic N) is 1. The van der Waals surface area contributed by atoms with Gasteiger partial charge in [0.2, 0.25) is 0 Å². The Morgan fingerprint density at radius 3 is 3.08 bits per heavy atom. The number of nitrogens with one attached hydrogen (secondary N) is 1. The first kappa shape index (κ1) is 9.50. The molecule has 0 aromatic rings. The molecule has 68 valence electrons. The van der Waals surface area contributed by atoms with Crippen LogP contribution in [0.25, 0.3) is 0 Å². The summed E-state index contributed by atoms with van der Waals surface area (Å²) >= 11 is 0. The number of ether oxygens (including phenoxy) is 1. The lowest BCUT2D eigenvalue weighted by Gasteiger charge is -2.13. The largest absolute Gasteiger partial charge is 0.362 e. The van der Waals surface area contributed by atoms with Gasteiger partial charge in [-0.3, -0.25) is 0 Å². The Morgan fingerprint density at radius 1 is 1.75 bits per heavy atom. The van der Waals surface area contributed by atoms with Crippen molar-refractivity contribution in [1.29, 1.82) is 5.26 Å². The molecule has 0 spiro atoms. The fraction of sp³-hybridized carbons (Fsp3) is 0.889. The number of rotatable bonds is 4. The van der Waals surface area contributed by atoms with E-state index in [4.69, 9.17) is 10.00 Å². The summed E-state index contributed by atoms with van der Waals surface area (Å²) < 4.78 is 5.40. The summed E-state index contributed by atoms with van der Waals surface area (Å²) in [5, 5.41) is 11.9. The Bertz CT molecular complexity index is 158. The second-order valence-electron chi connectivity index (χ2n) is 3.15. The van der Waals surface area contributed by atoms with E-state index in [2.05, 4.69) is 11.4 Å². The van der Waals surface area contributed by atoms with Crippen molar-refractivity contribution >= 4 is 0 Å². The standard InChI is InChI=1S/C9H16N2O/c1-2-9(6-10)12-7-8-4-3-5-11-8/h8-9,11H,2-5,7H2,1H3. The molecule has 0 aliphatic carbocycles. The summed E-state index contributed by atoms with van der Waals surface area (Å²) in [4.78, 5) is 0. The first-order valence-electron chi connectivity index (χ1n) is 4.61. The number of nitriles is 1. The Kier molecular flexibility index (Phi) is 4.06. The second-order valence-corrected chi connectivity index (χ2v) is 3.15. The average molecular weight is 168 g/mol. The molecule has 0 saturated carbocycles. The van der Waals surface area contributed by atoms with Crippen molar-refractivity contribution < 1.29 is 4.74 Å². The third-order valence-corrected chi connectivity index (χ3v) is 2.18. The zero-order chi connectivity index (χ0) is 8.81. The predicted octanol–water partition coefficient (Wildman–Crippen LogP) is 1.06. The van der Waals surface area contributed by atoms with Crippen LogP contribution >= 0.6 is 0 Å². The highest BCUT2D eigenvalue weighted by molar-refractivity contribution is 4.83. The zero-order valence-corrected chi connectivity index (χ0v) is 7.55. The molecule has 1 fully saturated rings. The molecule has 1 N–H and O–H groups in total. The summed E-state index contributed by atoms with van der Waals surface area (Å²) in [5.74, 6) is 0. The quantitative estimate of drug-likeness (QED) is 0.682. The lowest BCUT2D eigenvalue weighted by Crippen LogP contribution is -2.28. The van der Waals surface area contributed by atoms with Crippen LogP contribution in [-0.2, 0) is 4.74 Å². The maximum Gasteiger partial charge on any atom is 0.143 e. The van der Waals surface area contributed by atoms with Crippen molar-refractivity contribution in [3.05, 3.63) is 0 Å². The first-order valence-corrected chi connectivity index (χ1v) is 4.61. The molecule has 0 radical (unpaired) electrons. The molecule has 12 heavy (non-hydrogen) atoms. The molecule has 0 amide bonds. The molecule has 3 nitrogen and oxygen atoms in total. The average Bonchev–Trinajstić information content (AvgIpc) is 2.59. The normalized spacial score (nSPS) is 25.2. The van der Waals surface area contributed by atoms with E-state index < -0.39 is 0 Å². The maximum absolute atomic E-state index is 8.60. The molecular weight excluding hydrogens is 152 g/mol. The Hall–Kier alpha value is -0.590. The fourth-order valence-electron chi connectivity index (χ4n) is 1.38. The van der Waals surface area contributed by atoms with E-state index in [0.29, 0.717) is 12.6 Å². The van der Waals surface area contributed by atoms with E-state index in [-0.39, 0.29) is 6.10 Å². The van der Waals surface area contributed by atoms with Crippen molar-refractivity contribution in [2.45, 2.75) is 38.3 Å². The van der Waals surface area contributed by atoms with Gasteiger partial charge in [0.1, 0.15) is 6.10 Å². The fourth-order valence-corrected chi connectivity index (χ4v) is 1.38. The summed E-state index contributed by atoms with van der Waals surface area (Å²) in [7, 11) is 0. The van der Waals surface area contributed by atoms with Gasteiger partial charge in [0.15, 0.2) is 0 Å². The van der Waals surface area contributed by atoms with Gasteiger partial charge in [-0.2, -0.15) is 5.26 Å². The molecule has 1 aliphatic heterocycles. The first-order chi connectivity index (χ1) is 5.86. The van der Waals surface area contributed by atoms with Crippen molar-refractivity contribution in [2.75, 3.05) is 13.2 Å². The highest BCUT2D eigenvalue weighted by Crippen LogP contribution is 2.06. The van der Waals surface area contributed by atoms with Crippen LogP contribution in [0.4, 0.5) is 0 Å². The van der Waals surface area contributed by atoms with Gasteiger partial charge in [0, 0.05) is 6.04 Å². The topological polar surface area (TPSA) is 45.0 Å². The van der Waals surface area contributed by atoms with E-state index in [0.717, 1.165) is 13.0 Å². The molecule has 0 aromatic carbocycles. The monoisotopic (exact) mass is 168 g/mol. The lowest BCUT2D eigenvalue weighted by atomic mass is 10.2. The molecule has 1 heterocycles. The van der Waals surface area contributed by atoms with Crippen LogP contribution in [0.5, 0.6) is 0 Å². The SMILES string of the molecule is CCC(C#N)OCC1CCCN1. The van der Waals surface area contributed by atoms with Crippen LogP contribution in [0.2, 0.25) is 0 Å². The third-order valence-electron chi connectivity index (χ3n) is 2.18. The van der Waals surface area contributed by atoms with Crippen molar-refractivity contribution in [2.24, 2.45) is 0 Å². The second kappa shape index (κ2) is 5.13. The van der Waals surface area contributed by atoms with Gasteiger partial charge in [-0.25, -0.2) is 0 Å². The highest BCUT2D eigenvalue weighted by Gasteiger charge is 2.15. The van der Waals surface area contributed by atoms with Gasteiger partial charge in [-0.05, 0) is 25.8 Å². The molecule has 0 aromatic heterocycles. The minimum Gasteiger partial charge on any atom is -0.362 e. The zero-order valence-electron chi connectivity index (χ0n) is 7.55. The summed E-state index contributed by atoms with van der Waals surface area (Å²) in [6, 6.07) is 2.60. The van der Waals surface area contributed by atoms with Gasteiger partial charge in [-0.15, -0.1) is 0 Å². The number of hydrogen-bond donors (Lipinski definition) is 1. The van der Waals surface area contributed by atoms with Gasteiger partial charge in [0.25, 0.3) is 0 Å². The van der Waals surface area contributed by atoms with E-state index >= 15 is 0 Å². The molecule has 1 aliphatic rings. The van der Waals surface area contributed by atoms with Crippen LogP contribution in [0.1, 0.15) is 26.2 Å². The van der Waals surface area contributed by atoms with E-state index in [1.165, 1.54) is 12.8 Å². The van der Waals surface area contributed by atoms with Crippen LogP contribution in [0, 0.1) is 11.3 Å². The van der Waals surface area contributed by atoms with Crippen molar-refractivity contribution in [3.63, 3.8) is 0 Å². The molecule has 2 atom stereocenters. The van der Waals surface area contributed by atoms with E-state index in [1.54, 1.807) is 0 Å². The van der Waals surface area contributed by atoms with Crippen LogP contribution < -0.4 is 5.32 Å². The molecule has 0 bridgehead atoms. The molecular formula is C9H16N2O. The summed E-state index contributed by atoms with van der Waals surface area (Å²) in [5.41, 5.74) is 0. The van der Waals surface area contributed by atoms with E-state index in [1.807, 2.05) is 6.92 Å². The van der Waals surface area contributed by atoms with Crippen molar-refractivity contribution in [3.8, 4) is 6.07 Å². The number of hydrogen-bond acceptors (Lipinski definition) is 3. The van der Waals surface area contributed by atoms with Crippen LogP contribution in [0.15, 0.2) is 0 Å². The van der Waals surface area contributed by atoms with E-state index in [9.17, 15) is 0 Å². The van der Waals surface area contributed by atoms with Gasteiger partial charge < -0.3 is 10.1 Å². The maximum atomic E-state index is 8.60. The Balaban J connectivity index is 2.11. The highest BCUT2D eigenvalue weighted by atomic mass is 16.5. The van der Waals surface area contributed by atoms with Gasteiger partial charge >= 0.3 is 0 Å². The summed E-state index contributed by atoms with van der Waals surface area (Å²) in [6.07, 6.45) is 2.98. The Labute approximate surface area is 73.7 Å². The Morgan fingerprint density at radius 2 is 2.58 bits per heavy atom. The molecule has 3 heteroatoms. The van der Waals surface area contributed by atoms with Crippen LogP contribution in [-0.4, -0.2) is 25.3 Å². The van der Waals surface area contributed by atoms with Gasteiger partial charge in [0.05, 0.1) is 12.7 Å². The van der Waals surface area contributed by atoms with Crippen LogP contribution in [0.3, 0.4) is 0 Å². The van der Waals surface area contributed by atoms with Gasteiger partial charge in [-0.1, -0.05) is 6.92 Å². The summed E-state index contributed by atoms with van der Waals surface area (Å²) in [6.45, 7) is 3.75. The minimum atomic E-state index is -0.215. The van der Waals surface area contributed by atoms with Crippen molar-refractivity contribution in [1.82, 2.24) is 5.32 Å². The molecule has 1 saturated heterocycles. The smallest absolute Gasteiger partial charge is 0.143 e. The predicted molar refractivity (Wildman–Crippen MR) is 46.7 cm³/mol.